The van der Waals surface area contributed by atoms with Gasteiger partial charge in [0.2, 0.25) is 0 Å². The van der Waals surface area contributed by atoms with Crippen LogP contribution in [0.2, 0.25) is 10.2 Å². The third-order valence-corrected chi connectivity index (χ3v) is 5.45. The number of nitrogens with zero attached hydrogens (tertiary/aromatic N) is 1. The Morgan fingerprint density at radius 1 is 1.09 bits per heavy atom. The highest BCUT2D eigenvalue weighted by Crippen LogP contribution is 2.34. The average Bonchev–Trinajstić information content (AvgIpc) is 2.53. The number of halogens is 3. The molecule has 22 heavy (non-hydrogen) atoms. The molecule has 112 valence electrons. The van der Waals surface area contributed by atoms with E-state index in [4.69, 9.17) is 23.2 Å². The third-order valence-electron chi connectivity index (χ3n) is 3.47. The zero-order valence-corrected chi connectivity index (χ0v) is 15.7. The number of pyridine rings is 1. The fraction of sp³-hybridized carbons (Fsp3) is 0.118. The van der Waals surface area contributed by atoms with Gasteiger partial charge in [0.05, 0.1) is 10.5 Å². The summed E-state index contributed by atoms with van der Waals surface area (Å²) in [6, 6.07) is 14.2. The van der Waals surface area contributed by atoms with E-state index in [0.29, 0.717) is 16.6 Å². The maximum Gasteiger partial charge on any atom is 0.134 e. The van der Waals surface area contributed by atoms with Crippen molar-refractivity contribution >= 4 is 61.8 Å². The van der Waals surface area contributed by atoms with Crippen molar-refractivity contribution in [2.45, 2.75) is 11.3 Å². The Hall–Kier alpha value is -0.740. The molecule has 3 rings (SSSR count). The van der Waals surface area contributed by atoms with Gasteiger partial charge in [-0.2, -0.15) is 0 Å². The molecule has 0 amide bonds. The van der Waals surface area contributed by atoms with Crippen LogP contribution in [0.4, 0.5) is 0 Å². The lowest BCUT2D eigenvalue weighted by Crippen LogP contribution is -1.95. The van der Waals surface area contributed by atoms with Gasteiger partial charge in [0, 0.05) is 26.7 Å². The molecule has 0 bridgehead atoms. The number of hydrogen-bond acceptors (Lipinski definition) is 2. The minimum absolute atomic E-state index is 0.466. The van der Waals surface area contributed by atoms with Gasteiger partial charge >= 0.3 is 0 Å². The van der Waals surface area contributed by atoms with Crippen LogP contribution in [0.1, 0.15) is 11.1 Å². The van der Waals surface area contributed by atoms with Crippen LogP contribution < -0.4 is 0 Å². The van der Waals surface area contributed by atoms with Gasteiger partial charge in [-0.15, -0.1) is 11.8 Å². The van der Waals surface area contributed by atoms with E-state index in [-0.39, 0.29) is 0 Å². The SMILES string of the molecule is CSc1ccc(Cc2c(Cl)nc3ccc(Br)cc3c2Cl)cc1. The maximum atomic E-state index is 6.58. The fourth-order valence-corrected chi connectivity index (χ4v) is 3.68. The van der Waals surface area contributed by atoms with Crippen LogP contribution in [0.5, 0.6) is 0 Å². The maximum absolute atomic E-state index is 6.58. The summed E-state index contributed by atoms with van der Waals surface area (Å²) < 4.78 is 0.973. The molecule has 5 heteroatoms. The zero-order valence-electron chi connectivity index (χ0n) is 11.7. The van der Waals surface area contributed by atoms with Crippen molar-refractivity contribution in [3.05, 3.63) is 68.2 Å². The van der Waals surface area contributed by atoms with E-state index in [1.54, 1.807) is 11.8 Å². The number of benzene rings is 2. The van der Waals surface area contributed by atoms with Crippen LogP contribution >= 0.6 is 50.9 Å². The van der Waals surface area contributed by atoms with E-state index in [9.17, 15) is 0 Å². The van der Waals surface area contributed by atoms with Crippen molar-refractivity contribution < 1.29 is 0 Å². The first-order chi connectivity index (χ1) is 10.6. The Kier molecular flexibility index (Phi) is 4.98. The average molecular weight is 413 g/mol. The van der Waals surface area contributed by atoms with Gasteiger partial charge in [0.25, 0.3) is 0 Å². The third kappa shape index (κ3) is 3.28. The predicted molar refractivity (Wildman–Crippen MR) is 100 cm³/mol. The van der Waals surface area contributed by atoms with Gasteiger partial charge in [-0.3, -0.25) is 0 Å². The van der Waals surface area contributed by atoms with Gasteiger partial charge in [0.15, 0.2) is 0 Å². The van der Waals surface area contributed by atoms with Crippen LogP contribution in [-0.2, 0) is 6.42 Å². The topological polar surface area (TPSA) is 12.9 Å². The Morgan fingerprint density at radius 2 is 1.82 bits per heavy atom. The minimum atomic E-state index is 0.466. The lowest BCUT2D eigenvalue weighted by atomic mass is 10.0. The van der Waals surface area contributed by atoms with Gasteiger partial charge in [0.1, 0.15) is 5.15 Å². The Bertz CT molecular complexity index is 834. The van der Waals surface area contributed by atoms with Crippen LogP contribution in [0.3, 0.4) is 0 Å². The molecule has 2 aromatic carbocycles. The largest absolute Gasteiger partial charge is 0.236 e. The summed E-state index contributed by atoms with van der Waals surface area (Å²) in [6.07, 6.45) is 2.73. The van der Waals surface area contributed by atoms with Crippen molar-refractivity contribution in [3.8, 4) is 0 Å². The standard InChI is InChI=1S/C17H12BrCl2NS/c1-22-12-5-2-10(3-6-12)8-14-16(19)13-9-11(18)4-7-15(13)21-17(14)20/h2-7,9H,8H2,1H3. The smallest absolute Gasteiger partial charge is 0.134 e. The Labute approximate surface area is 152 Å². The highest BCUT2D eigenvalue weighted by molar-refractivity contribution is 9.10. The monoisotopic (exact) mass is 411 g/mol. The highest BCUT2D eigenvalue weighted by Gasteiger charge is 2.13. The molecule has 0 unspecified atom stereocenters. The lowest BCUT2D eigenvalue weighted by molar-refractivity contribution is 1.16. The van der Waals surface area contributed by atoms with Gasteiger partial charge in [-0.05, 0) is 42.2 Å². The molecule has 1 aromatic heterocycles. The number of aromatic nitrogens is 1. The summed E-state index contributed by atoms with van der Waals surface area (Å²) in [5.41, 5.74) is 2.84. The summed E-state index contributed by atoms with van der Waals surface area (Å²) in [6.45, 7) is 0. The van der Waals surface area contributed by atoms with Gasteiger partial charge < -0.3 is 0 Å². The first kappa shape index (κ1) is 16.1. The van der Waals surface area contributed by atoms with Crippen LogP contribution in [0.15, 0.2) is 51.8 Å². The van der Waals surface area contributed by atoms with Crippen molar-refractivity contribution in [1.82, 2.24) is 4.98 Å². The Morgan fingerprint density at radius 3 is 2.50 bits per heavy atom. The molecule has 1 nitrogen and oxygen atoms in total. The zero-order chi connectivity index (χ0) is 15.7. The predicted octanol–water partition coefficient (Wildman–Crippen LogP) is 6.62. The molecule has 0 spiro atoms. The van der Waals surface area contributed by atoms with E-state index in [0.717, 1.165) is 26.5 Å². The lowest BCUT2D eigenvalue weighted by Gasteiger charge is -2.10. The number of hydrogen-bond donors (Lipinski definition) is 0. The molecule has 0 aliphatic carbocycles. The van der Waals surface area contributed by atoms with E-state index in [1.807, 2.05) is 18.2 Å². The van der Waals surface area contributed by atoms with E-state index in [2.05, 4.69) is 51.4 Å². The van der Waals surface area contributed by atoms with Crippen LogP contribution in [0, 0.1) is 0 Å². The van der Waals surface area contributed by atoms with Crippen LogP contribution in [-0.4, -0.2) is 11.2 Å². The van der Waals surface area contributed by atoms with E-state index >= 15 is 0 Å². The van der Waals surface area contributed by atoms with Crippen LogP contribution in [0.25, 0.3) is 10.9 Å². The summed E-state index contributed by atoms with van der Waals surface area (Å²) in [5.74, 6) is 0. The molecular weight excluding hydrogens is 401 g/mol. The van der Waals surface area contributed by atoms with Crippen molar-refractivity contribution in [3.63, 3.8) is 0 Å². The first-order valence-corrected chi connectivity index (χ1v) is 9.42. The summed E-state index contributed by atoms with van der Waals surface area (Å²) >= 11 is 18.1. The second kappa shape index (κ2) is 6.79. The van der Waals surface area contributed by atoms with Gasteiger partial charge in [-0.25, -0.2) is 4.98 Å². The second-order valence-electron chi connectivity index (χ2n) is 4.88. The molecule has 0 aliphatic rings. The van der Waals surface area contributed by atoms with Crippen molar-refractivity contribution in [2.75, 3.05) is 6.26 Å². The van der Waals surface area contributed by atoms with E-state index < -0.39 is 0 Å². The van der Waals surface area contributed by atoms with E-state index in [1.165, 1.54) is 4.90 Å². The molecule has 0 N–H and O–H groups in total. The number of rotatable bonds is 3. The minimum Gasteiger partial charge on any atom is -0.236 e. The Balaban J connectivity index is 2.05. The molecule has 0 fully saturated rings. The number of thioether (sulfide) groups is 1. The van der Waals surface area contributed by atoms with Gasteiger partial charge in [-0.1, -0.05) is 51.3 Å². The molecule has 0 radical (unpaired) electrons. The highest BCUT2D eigenvalue weighted by atomic mass is 79.9. The van der Waals surface area contributed by atoms with Crippen molar-refractivity contribution in [2.24, 2.45) is 0 Å². The molecule has 0 saturated carbocycles. The summed E-state index contributed by atoms with van der Waals surface area (Å²) in [5, 5.41) is 2.05. The molecule has 0 atom stereocenters. The summed E-state index contributed by atoms with van der Waals surface area (Å²) in [7, 11) is 0. The molecule has 1 heterocycles. The number of fused-ring (bicyclic) bond motifs is 1. The normalized spacial score (nSPS) is 11.1. The second-order valence-corrected chi connectivity index (χ2v) is 7.41. The molecule has 0 aliphatic heterocycles. The van der Waals surface area contributed by atoms with Crippen molar-refractivity contribution in [1.29, 1.82) is 0 Å². The molecular formula is C17H12BrCl2NS. The fourth-order valence-electron chi connectivity index (χ4n) is 2.31. The first-order valence-electron chi connectivity index (χ1n) is 6.64. The quantitative estimate of drug-likeness (QED) is 0.354. The molecule has 3 aromatic rings. The molecule has 0 saturated heterocycles. The summed E-state index contributed by atoms with van der Waals surface area (Å²) in [4.78, 5) is 5.70.